The third-order valence-electron chi connectivity index (χ3n) is 5.66. The Bertz CT molecular complexity index is 1150. The summed E-state index contributed by atoms with van der Waals surface area (Å²) in [6.45, 7) is 9.12. The molecule has 0 bridgehead atoms. The number of rotatable bonds is 7. The molecule has 6 heteroatoms. The van der Waals surface area contributed by atoms with Gasteiger partial charge in [0.15, 0.2) is 0 Å². The second-order valence-corrected chi connectivity index (χ2v) is 8.34. The number of hydrogen-bond donors (Lipinski definition) is 0. The number of carbonyl (C=O) groups is 1. The number of likely N-dealkylation sites (N-methyl/N-ethyl adjacent to an activating group) is 1. The highest BCUT2D eigenvalue weighted by molar-refractivity contribution is 5.79. The molecule has 164 valence electrons. The number of hydrogen-bond acceptors (Lipinski definition) is 4. The summed E-state index contributed by atoms with van der Waals surface area (Å²) in [6, 6.07) is 13.1. The van der Waals surface area contributed by atoms with E-state index in [1.807, 2.05) is 94.1 Å². The molecule has 0 aliphatic carbocycles. The van der Waals surface area contributed by atoms with E-state index in [0.717, 1.165) is 23.4 Å². The summed E-state index contributed by atoms with van der Waals surface area (Å²) in [5.74, 6) is 0.627. The zero-order valence-corrected chi connectivity index (χ0v) is 19.3. The van der Waals surface area contributed by atoms with Gasteiger partial charge in [-0.05, 0) is 64.2 Å². The summed E-state index contributed by atoms with van der Waals surface area (Å²) in [5.41, 5.74) is 3.39. The van der Waals surface area contributed by atoms with Gasteiger partial charge < -0.3 is 9.80 Å². The quantitative estimate of drug-likeness (QED) is 0.582. The van der Waals surface area contributed by atoms with Crippen LogP contribution in [0.3, 0.4) is 0 Å². The van der Waals surface area contributed by atoms with Gasteiger partial charge >= 0.3 is 0 Å². The number of aryl methyl sites for hydroxylation is 2. The fourth-order valence-corrected chi connectivity index (χ4v) is 3.81. The standard InChI is InChI=1S/C25H32N4O2/c1-7-23(30)28(15-14-27(5)6)19(4)24-26-21-11-9-8-10-20(21)25(31)29(24)22-16-17(2)12-13-18(22)3/h8-13,16,19H,7,14-15H2,1-6H3. The minimum Gasteiger partial charge on any atom is -0.332 e. The number of benzene rings is 2. The summed E-state index contributed by atoms with van der Waals surface area (Å²) in [7, 11) is 3.97. The average molecular weight is 421 g/mol. The molecule has 3 aromatic rings. The lowest BCUT2D eigenvalue weighted by molar-refractivity contribution is -0.133. The molecular weight excluding hydrogens is 388 g/mol. The molecule has 1 atom stereocenters. The van der Waals surface area contributed by atoms with Crippen LogP contribution in [0.5, 0.6) is 0 Å². The molecular formula is C25H32N4O2. The SMILES string of the molecule is CCC(=O)N(CCN(C)C)C(C)c1nc2ccccc2c(=O)n1-c1cc(C)ccc1C. The van der Waals surface area contributed by atoms with Gasteiger partial charge in [-0.3, -0.25) is 14.2 Å². The molecule has 0 radical (unpaired) electrons. The molecule has 0 spiro atoms. The monoisotopic (exact) mass is 420 g/mol. The van der Waals surface area contributed by atoms with Crippen LogP contribution in [0.25, 0.3) is 16.6 Å². The Kier molecular flexibility index (Phi) is 6.91. The van der Waals surface area contributed by atoms with Gasteiger partial charge in [-0.25, -0.2) is 4.98 Å². The molecule has 6 nitrogen and oxygen atoms in total. The van der Waals surface area contributed by atoms with E-state index in [1.54, 1.807) is 4.57 Å². The van der Waals surface area contributed by atoms with Crippen molar-refractivity contribution in [1.29, 1.82) is 0 Å². The van der Waals surface area contributed by atoms with Crippen molar-refractivity contribution in [3.8, 4) is 5.69 Å². The summed E-state index contributed by atoms with van der Waals surface area (Å²) < 4.78 is 1.70. The van der Waals surface area contributed by atoms with Crippen molar-refractivity contribution in [3.63, 3.8) is 0 Å². The molecule has 0 N–H and O–H groups in total. The highest BCUT2D eigenvalue weighted by Gasteiger charge is 2.26. The summed E-state index contributed by atoms with van der Waals surface area (Å²) in [6.07, 6.45) is 0.402. The number of aromatic nitrogens is 2. The molecule has 1 unspecified atom stereocenters. The summed E-state index contributed by atoms with van der Waals surface area (Å²) in [4.78, 5) is 35.3. The predicted octanol–water partition coefficient (Wildman–Crippen LogP) is 3.86. The molecule has 1 aromatic heterocycles. The van der Waals surface area contributed by atoms with Gasteiger partial charge in [-0.2, -0.15) is 0 Å². The molecule has 31 heavy (non-hydrogen) atoms. The molecule has 0 aliphatic heterocycles. The van der Waals surface area contributed by atoms with E-state index in [2.05, 4.69) is 0 Å². The number of carbonyl (C=O) groups excluding carboxylic acids is 1. The maximum Gasteiger partial charge on any atom is 0.266 e. The lowest BCUT2D eigenvalue weighted by Crippen LogP contribution is -2.40. The number of fused-ring (bicyclic) bond motifs is 1. The molecule has 0 aliphatic rings. The van der Waals surface area contributed by atoms with Gasteiger partial charge in [0.05, 0.1) is 22.6 Å². The van der Waals surface area contributed by atoms with Gasteiger partial charge in [-0.15, -0.1) is 0 Å². The average Bonchev–Trinajstić information content (AvgIpc) is 2.75. The fourth-order valence-electron chi connectivity index (χ4n) is 3.81. The van der Waals surface area contributed by atoms with E-state index in [1.165, 1.54) is 0 Å². The van der Waals surface area contributed by atoms with Crippen molar-refractivity contribution in [3.05, 3.63) is 69.8 Å². The lowest BCUT2D eigenvalue weighted by Gasteiger charge is -2.31. The van der Waals surface area contributed by atoms with Crippen molar-refractivity contribution in [2.75, 3.05) is 27.2 Å². The second-order valence-electron chi connectivity index (χ2n) is 8.34. The highest BCUT2D eigenvalue weighted by atomic mass is 16.2. The maximum absolute atomic E-state index is 13.7. The second kappa shape index (κ2) is 9.43. The van der Waals surface area contributed by atoms with Crippen LogP contribution in [-0.2, 0) is 4.79 Å². The molecule has 2 aromatic carbocycles. The number of nitrogens with zero attached hydrogens (tertiary/aromatic N) is 4. The molecule has 0 fully saturated rings. The van der Waals surface area contributed by atoms with Crippen molar-refractivity contribution < 1.29 is 4.79 Å². The maximum atomic E-state index is 13.7. The van der Waals surface area contributed by atoms with E-state index < -0.39 is 0 Å². The molecule has 3 rings (SSSR count). The van der Waals surface area contributed by atoms with Gasteiger partial charge in [0, 0.05) is 19.5 Å². The zero-order valence-electron chi connectivity index (χ0n) is 19.3. The Labute approximate surface area is 184 Å². The van der Waals surface area contributed by atoms with Crippen molar-refractivity contribution >= 4 is 16.8 Å². The topological polar surface area (TPSA) is 58.4 Å². The van der Waals surface area contributed by atoms with Crippen LogP contribution in [0.1, 0.15) is 43.3 Å². The smallest absolute Gasteiger partial charge is 0.266 e. The van der Waals surface area contributed by atoms with Crippen molar-refractivity contribution in [2.24, 2.45) is 0 Å². The van der Waals surface area contributed by atoms with Crippen LogP contribution in [-0.4, -0.2) is 52.4 Å². The van der Waals surface area contributed by atoms with Crippen LogP contribution in [0.2, 0.25) is 0 Å². The largest absolute Gasteiger partial charge is 0.332 e. The van der Waals surface area contributed by atoms with E-state index in [9.17, 15) is 9.59 Å². The van der Waals surface area contributed by atoms with E-state index >= 15 is 0 Å². The van der Waals surface area contributed by atoms with Crippen LogP contribution >= 0.6 is 0 Å². The first-order chi connectivity index (χ1) is 14.7. The van der Waals surface area contributed by atoms with Crippen LogP contribution in [0, 0.1) is 13.8 Å². The first-order valence-electron chi connectivity index (χ1n) is 10.8. The van der Waals surface area contributed by atoms with Crippen molar-refractivity contribution in [2.45, 2.75) is 40.2 Å². The first kappa shape index (κ1) is 22.7. The highest BCUT2D eigenvalue weighted by Crippen LogP contribution is 2.25. The van der Waals surface area contributed by atoms with Gasteiger partial charge in [0.2, 0.25) is 5.91 Å². The Morgan fingerprint density at radius 2 is 1.81 bits per heavy atom. The van der Waals surface area contributed by atoms with Gasteiger partial charge in [0.1, 0.15) is 5.82 Å². The van der Waals surface area contributed by atoms with Crippen molar-refractivity contribution in [1.82, 2.24) is 19.4 Å². The Morgan fingerprint density at radius 1 is 1.10 bits per heavy atom. The third kappa shape index (κ3) is 4.69. The first-order valence-corrected chi connectivity index (χ1v) is 10.8. The number of para-hydroxylation sites is 1. The minimum absolute atomic E-state index is 0.0456. The Morgan fingerprint density at radius 3 is 2.48 bits per heavy atom. The number of amides is 1. The normalized spacial score (nSPS) is 12.4. The summed E-state index contributed by atoms with van der Waals surface area (Å²) >= 11 is 0. The lowest BCUT2D eigenvalue weighted by atomic mass is 10.1. The molecule has 0 saturated heterocycles. The molecule has 1 amide bonds. The van der Waals surface area contributed by atoms with Gasteiger partial charge in [-0.1, -0.05) is 31.2 Å². The molecule has 0 saturated carbocycles. The van der Waals surface area contributed by atoms with E-state index in [-0.39, 0.29) is 17.5 Å². The predicted molar refractivity (Wildman–Crippen MR) is 126 cm³/mol. The Balaban J connectivity index is 2.28. The van der Waals surface area contributed by atoms with Crippen LogP contribution in [0.4, 0.5) is 0 Å². The fraction of sp³-hybridized carbons (Fsp3) is 0.400. The zero-order chi connectivity index (χ0) is 22.7. The Hall–Kier alpha value is -2.99. The summed E-state index contributed by atoms with van der Waals surface area (Å²) in [5, 5.41) is 0.570. The van der Waals surface area contributed by atoms with Gasteiger partial charge in [0.25, 0.3) is 5.56 Å². The van der Waals surface area contributed by atoms with E-state index in [4.69, 9.17) is 4.98 Å². The molecule has 1 heterocycles. The minimum atomic E-state index is -0.357. The van der Waals surface area contributed by atoms with Crippen LogP contribution < -0.4 is 5.56 Å². The third-order valence-corrected chi connectivity index (χ3v) is 5.66. The van der Waals surface area contributed by atoms with E-state index in [0.29, 0.717) is 29.7 Å². The van der Waals surface area contributed by atoms with Crippen LogP contribution in [0.15, 0.2) is 47.3 Å².